The van der Waals surface area contributed by atoms with Crippen molar-refractivity contribution in [3.8, 4) is 11.5 Å². The Morgan fingerprint density at radius 3 is 2.33 bits per heavy atom. The Labute approximate surface area is 167 Å². The maximum atomic E-state index is 5.95. The minimum Gasteiger partial charge on any atom is -1.00 e. The van der Waals surface area contributed by atoms with Crippen molar-refractivity contribution in [1.82, 2.24) is 10.3 Å². The van der Waals surface area contributed by atoms with E-state index in [9.17, 15) is 0 Å². The molecular weight excluding hydrogens is 360 g/mol. The molecular formula is C22H24ClN2O2-. The lowest BCUT2D eigenvalue weighted by atomic mass is 10.2. The largest absolute Gasteiger partial charge is 1.00 e. The summed E-state index contributed by atoms with van der Waals surface area (Å²) < 4.78 is 11.7. The van der Waals surface area contributed by atoms with Crippen LogP contribution in [0.1, 0.15) is 23.6 Å². The van der Waals surface area contributed by atoms with E-state index >= 15 is 0 Å². The predicted molar refractivity (Wildman–Crippen MR) is 103 cm³/mol. The first-order valence-corrected chi connectivity index (χ1v) is 8.87. The Kier molecular flexibility index (Phi) is 8.62. The summed E-state index contributed by atoms with van der Waals surface area (Å²) in [7, 11) is 0. The minimum absolute atomic E-state index is 0. The first-order valence-electron chi connectivity index (χ1n) is 8.87. The van der Waals surface area contributed by atoms with Gasteiger partial charge in [0.1, 0.15) is 6.61 Å². The summed E-state index contributed by atoms with van der Waals surface area (Å²) in [6.07, 6.45) is 3.66. The summed E-state index contributed by atoms with van der Waals surface area (Å²) in [4.78, 5) is 4.13. The summed E-state index contributed by atoms with van der Waals surface area (Å²) in [6, 6.07) is 20.2. The zero-order valence-electron chi connectivity index (χ0n) is 15.4. The van der Waals surface area contributed by atoms with E-state index in [1.165, 1.54) is 5.56 Å². The van der Waals surface area contributed by atoms with Gasteiger partial charge in [-0.15, -0.1) is 0 Å². The highest BCUT2D eigenvalue weighted by molar-refractivity contribution is 5.43. The average Bonchev–Trinajstić information content (AvgIpc) is 2.69. The van der Waals surface area contributed by atoms with E-state index in [0.717, 1.165) is 35.7 Å². The molecule has 4 nitrogen and oxygen atoms in total. The van der Waals surface area contributed by atoms with Gasteiger partial charge in [0.05, 0.1) is 6.61 Å². The van der Waals surface area contributed by atoms with Gasteiger partial charge in [-0.05, 0) is 41.8 Å². The van der Waals surface area contributed by atoms with Gasteiger partial charge in [-0.3, -0.25) is 4.98 Å². The van der Waals surface area contributed by atoms with Crippen LogP contribution in [0.3, 0.4) is 0 Å². The monoisotopic (exact) mass is 383 g/mol. The summed E-state index contributed by atoms with van der Waals surface area (Å²) in [5, 5.41) is 3.43. The van der Waals surface area contributed by atoms with Gasteiger partial charge in [0.25, 0.3) is 0 Å². The van der Waals surface area contributed by atoms with E-state index in [4.69, 9.17) is 9.47 Å². The molecule has 1 aromatic heterocycles. The molecule has 0 atom stereocenters. The molecule has 27 heavy (non-hydrogen) atoms. The number of ether oxygens (including phenoxy) is 2. The zero-order chi connectivity index (χ0) is 18.0. The maximum Gasteiger partial charge on any atom is 0.161 e. The molecule has 1 heterocycles. The Hall–Kier alpha value is -2.56. The highest BCUT2D eigenvalue weighted by Crippen LogP contribution is 2.29. The van der Waals surface area contributed by atoms with Crippen molar-refractivity contribution < 1.29 is 21.9 Å². The van der Waals surface area contributed by atoms with E-state index in [1.807, 2.05) is 49.5 Å². The van der Waals surface area contributed by atoms with Gasteiger partial charge in [-0.25, -0.2) is 0 Å². The Morgan fingerprint density at radius 1 is 0.815 bits per heavy atom. The number of aromatic nitrogens is 1. The minimum atomic E-state index is 0. The fourth-order valence-electron chi connectivity index (χ4n) is 2.64. The summed E-state index contributed by atoms with van der Waals surface area (Å²) in [6.45, 7) is 4.65. The van der Waals surface area contributed by atoms with Gasteiger partial charge in [-0.2, -0.15) is 0 Å². The highest BCUT2D eigenvalue weighted by atomic mass is 35.5. The molecule has 5 heteroatoms. The number of nitrogens with one attached hydrogen (secondary N) is 1. The molecule has 0 aliphatic carbocycles. The Bertz CT molecular complexity index is 798. The number of rotatable bonds is 9. The van der Waals surface area contributed by atoms with E-state index < -0.39 is 0 Å². The van der Waals surface area contributed by atoms with Crippen molar-refractivity contribution in [3.05, 3.63) is 89.7 Å². The second-order valence-corrected chi connectivity index (χ2v) is 5.95. The van der Waals surface area contributed by atoms with Crippen molar-refractivity contribution in [2.45, 2.75) is 26.6 Å². The maximum absolute atomic E-state index is 5.95. The smallest absolute Gasteiger partial charge is 0.161 e. The van der Waals surface area contributed by atoms with Crippen LogP contribution in [0.25, 0.3) is 0 Å². The number of hydrogen-bond acceptors (Lipinski definition) is 4. The van der Waals surface area contributed by atoms with Crippen molar-refractivity contribution in [3.63, 3.8) is 0 Å². The van der Waals surface area contributed by atoms with Gasteiger partial charge in [0, 0.05) is 25.5 Å². The average molecular weight is 384 g/mol. The molecule has 0 spiro atoms. The third-order valence-corrected chi connectivity index (χ3v) is 3.93. The van der Waals surface area contributed by atoms with Crippen LogP contribution in [0.2, 0.25) is 0 Å². The molecule has 0 amide bonds. The summed E-state index contributed by atoms with van der Waals surface area (Å²) in [5.41, 5.74) is 3.46. The molecule has 142 valence electrons. The molecule has 0 saturated heterocycles. The third kappa shape index (κ3) is 6.59. The quantitative estimate of drug-likeness (QED) is 0.606. The van der Waals surface area contributed by atoms with E-state index in [0.29, 0.717) is 13.2 Å². The lowest BCUT2D eigenvalue weighted by molar-refractivity contribution is -0.00000613. The number of pyridine rings is 1. The van der Waals surface area contributed by atoms with Gasteiger partial charge in [0.2, 0.25) is 0 Å². The van der Waals surface area contributed by atoms with Crippen LogP contribution in [0.15, 0.2) is 73.1 Å². The summed E-state index contributed by atoms with van der Waals surface area (Å²) in [5.74, 6) is 1.55. The second-order valence-electron chi connectivity index (χ2n) is 5.95. The van der Waals surface area contributed by atoms with Crippen LogP contribution in [0.4, 0.5) is 0 Å². The number of hydrogen-bond donors (Lipinski definition) is 1. The second kappa shape index (κ2) is 11.2. The van der Waals surface area contributed by atoms with Crippen LogP contribution < -0.4 is 27.2 Å². The number of nitrogens with zero attached hydrogens (tertiary/aromatic N) is 1. The van der Waals surface area contributed by atoms with Crippen molar-refractivity contribution in [2.75, 3.05) is 6.61 Å². The molecule has 3 aromatic rings. The zero-order valence-corrected chi connectivity index (χ0v) is 16.2. The van der Waals surface area contributed by atoms with Crippen molar-refractivity contribution >= 4 is 0 Å². The normalized spacial score (nSPS) is 10.1. The van der Waals surface area contributed by atoms with Gasteiger partial charge in [0.15, 0.2) is 11.5 Å². The lowest BCUT2D eigenvalue weighted by Gasteiger charge is -2.14. The lowest BCUT2D eigenvalue weighted by Crippen LogP contribution is -3.00. The molecule has 3 rings (SSSR count). The molecule has 0 unspecified atom stereocenters. The van der Waals surface area contributed by atoms with Crippen LogP contribution >= 0.6 is 0 Å². The van der Waals surface area contributed by atoms with Gasteiger partial charge >= 0.3 is 0 Å². The SMILES string of the molecule is CCOc1cc(CNCc2cccnc2)ccc1OCc1ccccc1.[Cl-]. The topological polar surface area (TPSA) is 43.4 Å². The molecule has 0 saturated carbocycles. The fraction of sp³-hybridized carbons (Fsp3) is 0.227. The number of halogens is 1. The summed E-state index contributed by atoms with van der Waals surface area (Å²) >= 11 is 0. The predicted octanol–water partition coefficient (Wildman–Crippen LogP) is 1.35. The van der Waals surface area contributed by atoms with E-state index in [-0.39, 0.29) is 12.4 Å². The van der Waals surface area contributed by atoms with Crippen LogP contribution in [-0.4, -0.2) is 11.6 Å². The molecule has 0 radical (unpaired) electrons. The molecule has 1 N–H and O–H groups in total. The van der Waals surface area contributed by atoms with Crippen molar-refractivity contribution in [2.24, 2.45) is 0 Å². The molecule has 2 aromatic carbocycles. The molecule has 0 aliphatic rings. The van der Waals surface area contributed by atoms with Gasteiger partial charge in [-0.1, -0.05) is 42.5 Å². The first-order chi connectivity index (χ1) is 12.8. The van der Waals surface area contributed by atoms with Crippen LogP contribution in [0, 0.1) is 0 Å². The first kappa shape index (κ1) is 20.7. The fourth-order valence-corrected chi connectivity index (χ4v) is 2.64. The van der Waals surface area contributed by atoms with E-state index in [2.05, 4.69) is 34.6 Å². The highest BCUT2D eigenvalue weighted by Gasteiger charge is 2.07. The van der Waals surface area contributed by atoms with Crippen LogP contribution in [-0.2, 0) is 19.7 Å². The molecule has 0 bridgehead atoms. The van der Waals surface area contributed by atoms with E-state index in [1.54, 1.807) is 6.20 Å². The molecule has 0 aliphatic heterocycles. The van der Waals surface area contributed by atoms with Crippen LogP contribution in [0.5, 0.6) is 11.5 Å². The standard InChI is InChI=1S/C22H24N2O2.ClH/c1-2-25-22-13-19(14-24-16-20-9-6-12-23-15-20)10-11-21(22)26-17-18-7-4-3-5-8-18;/h3-13,15,24H,2,14,16-17H2,1H3;1H/p-1. The molecule has 0 fully saturated rings. The van der Waals surface area contributed by atoms with Crippen molar-refractivity contribution in [1.29, 1.82) is 0 Å². The Morgan fingerprint density at radius 2 is 1.59 bits per heavy atom. The van der Waals surface area contributed by atoms with Gasteiger partial charge < -0.3 is 27.2 Å². The third-order valence-electron chi connectivity index (χ3n) is 3.93. The number of benzene rings is 2. The Balaban J connectivity index is 0.00000261.